The van der Waals surface area contributed by atoms with E-state index in [1.54, 1.807) is 0 Å². The first-order chi connectivity index (χ1) is 9.64. The Kier molecular flexibility index (Phi) is 5.69. The molecule has 0 aliphatic heterocycles. The quantitative estimate of drug-likeness (QED) is 0.644. The van der Waals surface area contributed by atoms with Crippen LogP contribution in [0.1, 0.15) is 27.2 Å². The van der Waals surface area contributed by atoms with Crippen LogP contribution in [0, 0.1) is 21.4 Å². The molecule has 0 bridgehead atoms. The predicted molar refractivity (Wildman–Crippen MR) is 83.4 cm³/mol. The average Bonchev–Trinajstić information content (AvgIpc) is 2.34. The molecule has 1 aromatic rings. The molecule has 0 heterocycles. The third-order valence-electron chi connectivity index (χ3n) is 2.93. The van der Waals surface area contributed by atoms with Crippen molar-refractivity contribution in [1.82, 2.24) is 0 Å². The summed E-state index contributed by atoms with van der Waals surface area (Å²) < 4.78 is 0. The van der Waals surface area contributed by atoms with Crippen molar-refractivity contribution >= 4 is 28.9 Å². The minimum atomic E-state index is -0.562. The number of nitro benzene ring substituents is 1. The van der Waals surface area contributed by atoms with Gasteiger partial charge < -0.3 is 11.1 Å². The number of nitrogens with zero attached hydrogens (tertiary/aromatic N) is 1. The zero-order chi connectivity index (χ0) is 16.2. The number of rotatable bonds is 5. The number of nitrogens with two attached hydrogens (primary N) is 1. The molecule has 0 radical (unpaired) electrons. The highest BCUT2D eigenvalue weighted by Crippen LogP contribution is 2.29. The topological polar surface area (TPSA) is 98.3 Å². The summed E-state index contributed by atoms with van der Waals surface area (Å²) in [5.74, 6) is -0.749. The third kappa shape index (κ3) is 5.32. The molecular formula is C14H20ClN3O3. The number of carbonyl (C=O) groups excluding carboxylic acids is 1. The first kappa shape index (κ1) is 17.4. The monoisotopic (exact) mass is 313 g/mol. The van der Waals surface area contributed by atoms with Crippen molar-refractivity contribution in [2.75, 3.05) is 11.9 Å². The van der Waals surface area contributed by atoms with Gasteiger partial charge in [-0.1, -0.05) is 32.4 Å². The number of nitrogens with one attached hydrogen (secondary N) is 1. The maximum absolute atomic E-state index is 12.3. The van der Waals surface area contributed by atoms with E-state index in [1.165, 1.54) is 18.2 Å². The standard InChI is InChI=1S/C14H20ClN3O3/c1-14(2,3)7-9(8-16)13(19)17-11-6-10(15)4-5-12(11)18(20)21/h4-6,9H,7-8,16H2,1-3H3,(H,17,19). The van der Waals surface area contributed by atoms with Crippen LogP contribution >= 0.6 is 11.6 Å². The lowest BCUT2D eigenvalue weighted by Gasteiger charge is -2.24. The smallest absolute Gasteiger partial charge is 0.292 e. The molecule has 116 valence electrons. The Labute approximate surface area is 128 Å². The Balaban J connectivity index is 2.96. The number of nitro groups is 1. The minimum absolute atomic E-state index is 0.0678. The third-order valence-corrected chi connectivity index (χ3v) is 3.16. The molecule has 1 amide bonds. The van der Waals surface area contributed by atoms with E-state index in [0.717, 1.165) is 0 Å². The van der Waals surface area contributed by atoms with E-state index in [9.17, 15) is 14.9 Å². The van der Waals surface area contributed by atoms with E-state index < -0.39 is 10.8 Å². The molecule has 1 unspecified atom stereocenters. The van der Waals surface area contributed by atoms with Crippen LogP contribution in [0.5, 0.6) is 0 Å². The molecule has 7 heteroatoms. The molecule has 6 nitrogen and oxygen atoms in total. The van der Waals surface area contributed by atoms with Crippen LogP contribution < -0.4 is 11.1 Å². The normalized spacial score (nSPS) is 12.8. The first-order valence-electron chi connectivity index (χ1n) is 6.59. The Morgan fingerprint density at radius 1 is 1.48 bits per heavy atom. The molecule has 0 saturated heterocycles. The van der Waals surface area contributed by atoms with E-state index >= 15 is 0 Å². The van der Waals surface area contributed by atoms with Crippen LogP contribution in [0.2, 0.25) is 5.02 Å². The van der Waals surface area contributed by atoms with Gasteiger partial charge in [-0.15, -0.1) is 0 Å². The Hall–Kier alpha value is -1.66. The molecule has 1 atom stereocenters. The second-order valence-corrected chi connectivity index (χ2v) is 6.54. The number of amides is 1. The van der Waals surface area contributed by atoms with Crippen molar-refractivity contribution in [3.05, 3.63) is 33.3 Å². The number of hydrogen-bond donors (Lipinski definition) is 2. The van der Waals surface area contributed by atoms with E-state index in [-0.39, 0.29) is 29.2 Å². The SMILES string of the molecule is CC(C)(C)CC(CN)C(=O)Nc1cc(Cl)ccc1[N+](=O)[O-]. The van der Waals surface area contributed by atoms with Crippen molar-refractivity contribution in [3.63, 3.8) is 0 Å². The van der Waals surface area contributed by atoms with Gasteiger partial charge >= 0.3 is 0 Å². The summed E-state index contributed by atoms with van der Waals surface area (Å²) in [5, 5.41) is 13.8. The Morgan fingerprint density at radius 3 is 2.57 bits per heavy atom. The molecule has 0 fully saturated rings. The average molecular weight is 314 g/mol. The highest BCUT2D eigenvalue weighted by atomic mass is 35.5. The zero-order valence-electron chi connectivity index (χ0n) is 12.4. The Bertz CT molecular complexity index is 541. The number of carbonyl (C=O) groups is 1. The lowest BCUT2D eigenvalue weighted by molar-refractivity contribution is -0.383. The summed E-state index contributed by atoms with van der Waals surface area (Å²) in [5.41, 5.74) is 5.47. The molecule has 0 saturated carbocycles. The molecule has 3 N–H and O–H groups in total. The maximum Gasteiger partial charge on any atom is 0.292 e. The van der Waals surface area contributed by atoms with E-state index in [4.69, 9.17) is 17.3 Å². The molecule has 0 aliphatic carbocycles. The molecule has 1 rings (SSSR count). The van der Waals surface area contributed by atoms with Gasteiger partial charge in [0.15, 0.2) is 0 Å². The summed E-state index contributed by atoms with van der Waals surface area (Å²) in [6, 6.07) is 4.03. The van der Waals surface area contributed by atoms with Gasteiger partial charge in [0, 0.05) is 17.6 Å². The van der Waals surface area contributed by atoms with Gasteiger partial charge in [0.2, 0.25) is 5.91 Å². The molecule has 0 aliphatic rings. The van der Waals surface area contributed by atoms with Crippen LogP contribution in [0.25, 0.3) is 0 Å². The molecule has 0 aromatic heterocycles. The fourth-order valence-corrected chi connectivity index (χ4v) is 2.20. The zero-order valence-corrected chi connectivity index (χ0v) is 13.1. The van der Waals surface area contributed by atoms with Crippen LogP contribution in [-0.4, -0.2) is 17.4 Å². The number of benzene rings is 1. The summed E-state index contributed by atoms with van der Waals surface area (Å²) in [6.07, 6.45) is 0.587. The molecule has 1 aromatic carbocycles. The summed E-state index contributed by atoms with van der Waals surface area (Å²) >= 11 is 5.83. The number of halogens is 1. The lowest BCUT2D eigenvalue weighted by atomic mass is 9.84. The van der Waals surface area contributed by atoms with Gasteiger partial charge in [0.25, 0.3) is 5.69 Å². The van der Waals surface area contributed by atoms with Gasteiger partial charge in [-0.3, -0.25) is 14.9 Å². The first-order valence-corrected chi connectivity index (χ1v) is 6.96. The van der Waals surface area contributed by atoms with Crippen molar-refractivity contribution < 1.29 is 9.72 Å². The summed E-state index contributed by atoms with van der Waals surface area (Å²) in [6.45, 7) is 6.19. The fraction of sp³-hybridized carbons (Fsp3) is 0.500. The van der Waals surface area contributed by atoms with E-state index in [0.29, 0.717) is 11.4 Å². The van der Waals surface area contributed by atoms with Crippen molar-refractivity contribution in [1.29, 1.82) is 0 Å². The second-order valence-electron chi connectivity index (χ2n) is 6.11. The lowest BCUT2D eigenvalue weighted by Crippen LogP contribution is -2.32. The van der Waals surface area contributed by atoms with Crippen molar-refractivity contribution in [3.8, 4) is 0 Å². The fourth-order valence-electron chi connectivity index (χ4n) is 2.02. The van der Waals surface area contributed by atoms with Crippen LogP contribution in [-0.2, 0) is 4.79 Å². The van der Waals surface area contributed by atoms with Crippen LogP contribution in [0.3, 0.4) is 0 Å². The van der Waals surface area contributed by atoms with Gasteiger partial charge in [-0.2, -0.15) is 0 Å². The number of anilines is 1. The molecule has 0 spiro atoms. The van der Waals surface area contributed by atoms with Crippen LogP contribution in [0.15, 0.2) is 18.2 Å². The highest BCUT2D eigenvalue weighted by molar-refractivity contribution is 6.31. The van der Waals surface area contributed by atoms with Crippen molar-refractivity contribution in [2.45, 2.75) is 27.2 Å². The van der Waals surface area contributed by atoms with Gasteiger partial charge in [-0.05, 0) is 24.0 Å². The maximum atomic E-state index is 12.3. The minimum Gasteiger partial charge on any atom is -0.330 e. The van der Waals surface area contributed by atoms with Crippen molar-refractivity contribution in [2.24, 2.45) is 17.1 Å². The van der Waals surface area contributed by atoms with Gasteiger partial charge in [0.05, 0.1) is 10.8 Å². The largest absolute Gasteiger partial charge is 0.330 e. The highest BCUT2D eigenvalue weighted by Gasteiger charge is 2.25. The summed E-state index contributed by atoms with van der Waals surface area (Å²) in [4.78, 5) is 22.7. The molecular weight excluding hydrogens is 294 g/mol. The van der Waals surface area contributed by atoms with Gasteiger partial charge in [0.1, 0.15) is 5.69 Å². The molecule has 21 heavy (non-hydrogen) atoms. The number of hydrogen-bond acceptors (Lipinski definition) is 4. The summed E-state index contributed by atoms with van der Waals surface area (Å²) in [7, 11) is 0. The Morgan fingerprint density at radius 2 is 2.10 bits per heavy atom. The van der Waals surface area contributed by atoms with E-state index in [2.05, 4.69) is 5.32 Å². The predicted octanol–water partition coefficient (Wildman–Crippen LogP) is 3.20. The van der Waals surface area contributed by atoms with E-state index in [1.807, 2.05) is 20.8 Å². The van der Waals surface area contributed by atoms with Crippen LogP contribution in [0.4, 0.5) is 11.4 Å². The second kappa shape index (κ2) is 6.87. The van der Waals surface area contributed by atoms with Gasteiger partial charge in [-0.25, -0.2) is 0 Å².